The van der Waals surface area contributed by atoms with Crippen LogP contribution in [0, 0.1) is 0 Å². The van der Waals surface area contributed by atoms with Crippen LogP contribution in [0.3, 0.4) is 0 Å². The predicted molar refractivity (Wildman–Crippen MR) is 31.3 cm³/mol. The van der Waals surface area contributed by atoms with E-state index in [9.17, 15) is 9.59 Å². The molecule has 10 heavy (non-hydrogen) atoms. The van der Waals surface area contributed by atoms with Crippen molar-refractivity contribution in [1.82, 2.24) is 0 Å². The summed E-state index contributed by atoms with van der Waals surface area (Å²) in [6.07, 6.45) is 0.123. The molecule has 0 heterocycles. The molecule has 0 unspecified atom stereocenters. The minimum absolute atomic E-state index is 0.123. The first kappa shape index (κ1) is 8.52. The second-order valence-corrected chi connectivity index (χ2v) is 1.32. The van der Waals surface area contributed by atoms with E-state index in [1.165, 1.54) is 0 Å². The zero-order chi connectivity index (χ0) is 7.98. The number of carbonyl (C=O) groups is 2. The standard InChI is InChI=1S/C5H6N2O3/c1-2-10-5(9)4(3-8)7-6/h3H,2H2,1H3/i3+1. The van der Waals surface area contributed by atoms with Crippen molar-refractivity contribution in [2.24, 2.45) is 0 Å². The summed E-state index contributed by atoms with van der Waals surface area (Å²) < 4.78 is 4.32. The first-order valence-corrected chi connectivity index (χ1v) is 2.60. The van der Waals surface area contributed by atoms with Gasteiger partial charge in [0.15, 0.2) is 0 Å². The Balaban J connectivity index is 4.18. The van der Waals surface area contributed by atoms with Gasteiger partial charge in [0.25, 0.3) is 0 Å². The van der Waals surface area contributed by atoms with Crippen molar-refractivity contribution in [3.8, 4) is 0 Å². The SMILES string of the molecule is CCOC(=O)C([13CH]=O)=[N+]=[N-]. The molecule has 54 valence electrons. The molecule has 0 fully saturated rings. The van der Waals surface area contributed by atoms with Crippen LogP contribution in [-0.2, 0) is 14.3 Å². The molecular weight excluding hydrogens is 137 g/mol. The van der Waals surface area contributed by atoms with Crippen LogP contribution in [0.15, 0.2) is 0 Å². The maximum Gasteiger partial charge on any atom is 0.438 e. The Labute approximate surface area is 57.2 Å². The van der Waals surface area contributed by atoms with Gasteiger partial charge in [0, 0.05) is 0 Å². The number of aldehydes is 1. The first-order chi connectivity index (χ1) is 4.76. The normalized spacial score (nSPS) is 7.70. The predicted octanol–water partition coefficient (Wildman–Crippen LogP) is -0.581. The molecule has 0 rings (SSSR count). The Morgan fingerprint density at radius 2 is 2.40 bits per heavy atom. The highest BCUT2D eigenvalue weighted by molar-refractivity contribution is 6.55. The Morgan fingerprint density at radius 1 is 1.80 bits per heavy atom. The molecule has 0 radical (unpaired) electrons. The van der Waals surface area contributed by atoms with E-state index >= 15 is 0 Å². The summed E-state index contributed by atoms with van der Waals surface area (Å²) in [4.78, 5) is 22.7. The second-order valence-electron chi connectivity index (χ2n) is 1.32. The Kier molecular flexibility index (Phi) is 3.75. The van der Waals surface area contributed by atoms with Crippen LogP contribution < -0.4 is 0 Å². The number of hydrogen-bond donors (Lipinski definition) is 0. The molecule has 0 aliphatic carbocycles. The van der Waals surface area contributed by atoms with Crippen molar-refractivity contribution in [1.29, 1.82) is 0 Å². The fourth-order valence-electron chi connectivity index (χ4n) is 0.318. The number of rotatable bonds is 3. The van der Waals surface area contributed by atoms with Crippen molar-refractivity contribution < 1.29 is 19.1 Å². The summed E-state index contributed by atoms with van der Waals surface area (Å²) in [5.41, 5.74) is 7.36. The first-order valence-electron chi connectivity index (χ1n) is 2.60. The molecule has 0 aromatic carbocycles. The van der Waals surface area contributed by atoms with E-state index in [-0.39, 0.29) is 12.9 Å². The van der Waals surface area contributed by atoms with Crippen molar-refractivity contribution in [2.45, 2.75) is 6.92 Å². The average molecular weight is 143 g/mol. The minimum atomic E-state index is -0.917. The average Bonchev–Trinajstić information content (AvgIpc) is 1.91. The summed E-state index contributed by atoms with van der Waals surface area (Å²) in [5, 5.41) is 0. The highest BCUT2D eigenvalue weighted by atomic mass is 16.5. The van der Waals surface area contributed by atoms with Crippen LogP contribution in [-0.4, -0.2) is 29.4 Å². The Bertz CT molecular complexity index is 193. The fraction of sp³-hybridized carbons (Fsp3) is 0.400. The summed E-state index contributed by atoms with van der Waals surface area (Å²) in [6, 6.07) is 0. The van der Waals surface area contributed by atoms with E-state index in [0.29, 0.717) is 0 Å². The maximum absolute atomic E-state index is 10.5. The quantitative estimate of drug-likeness (QED) is 0.101. The van der Waals surface area contributed by atoms with Gasteiger partial charge < -0.3 is 10.3 Å². The zero-order valence-corrected chi connectivity index (χ0v) is 5.40. The number of carbonyl (C=O) groups excluding carboxylic acids is 2. The molecule has 5 heteroatoms. The van der Waals surface area contributed by atoms with Gasteiger partial charge in [0.1, 0.15) is 0 Å². The van der Waals surface area contributed by atoms with Gasteiger partial charge in [-0.15, -0.1) is 0 Å². The van der Waals surface area contributed by atoms with Crippen LogP contribution in [0.25, 0.3) is 5.53 Å². The largest absolute Gasteiger partial charge is 0.457 e. The zero-order valence-electron chi connectivity index (χ0n) is 5.40. The molecule has 0 aromatic heterocycles. The molecule has 0 amide bonds. The number of ether oxygens (including phenoxy) is 1. The van der Waals surface area contributed by atoms with Crippen molar-refractivity contribution in [2.75, 3.05) is 6.61 Å². The third-order valence-electron chi connectivity index (χ3n) is 0.704. The fourth-order valence-corrected chi connectivity index (χ4v) is 0.318. The number of hydrogen-bond acceptors (Lipinski definition) is 3. The number of nitrogens with zero attached hydrogens (tertiary/aromatic N) is 2. The molecule has 0 atom stereocenters. The molecule has 0 spiro atoms. The number of esters is 1. The van der Waals surface area contributed by atoms with E-state index < -0.39 is 11.7 Å². The van der Waals surface area contributed by atoms with Gasteiger partial charge in [-0.05, 0) is 6.92 Å². The maximum atomic E-state index is 10.5. The van der Waals surface area contributed by atoms with E-state index in [1.807, 2.05) is 0 Å². The second kappa shape index (κ2) is 4.40. The third kappa shape index (κ3) is 2.19. The summed E-state index contributed by atoms with van der Waals surface area (Å²) >= 11 is 0. The lowest BCUT2D eigenvalue weighted by atomic mass is 10.6. The summed E-state index contributed by atoms with van der Waals surface area (Å²) in [6.45, 7) is 1.73. The van der Waals surface area contributed by atoms with Crippen molar-refractivity contribution in [3.05, 3.63) is 5.53 Å². The molecule has 0 N–H and O–H groups in total. The van der Waals surface area contributed by atoms with Gasteiger partial charge >= 0.3 is 11.7 Å². The minimum Gasteiger partial charge on any atom is -0.457 e. The highest BCUT2D eigenvalue weighted by Gasteiger charge is 2.19. The molecule has 0 saturated carbocycles. The van der Waals surface area contributed by atoms with E-state index in [4.69, 9.17) is 5.53 Å². The smallest absolute Gasteiger partial charge is 0.438 e. The summed E-state index contributed by atoms with van der Waals surface area (Å²) in [7, 11) is 0. The monoisotopic (exact) mass is 143 g/mol. The van der Waals surface area contributed by atoms with Crippen LogP contribution in [0.2, 0.25) is 0 Å². The van der Waals surface area contributed by atoms with Gasteiger partial charge in [-0.1, -0.05) is 0 Å². The van der Waals surface area contributed by atoms with Crippen LogP contribution in [0.4, 0.5) is 0 Å². The van der Waals surface area contributed by atoms with Crippen LogP contribution >= 0.6 is 0 Å². The van der Waals surface area contributed by atoms with E-state index in [0.717, 1.165) is 0 Å². The van der Waals surface area contributed by atoms with Crippen LogP contribution in [0.5, 0.6) is 0 Å². The van der Waals surface area contributed by atoms with Gasteiger partial charge in [-0.3, -0.25) is 4.79 Å². The topological polar surface area (TPSA) is 79.8 Å². The molecule has 0 aliphatic rings. The molecule has 0 saturated heterocycles. The summed E-state index contributed by atoms with van der Waals surface area (Å²) in [5.74, 6) is -0.917. The molecule has 0 aliphatic heterocycles. The van der Waals surface area contributed by atoms with Gasteiger partial charge in [0.2, 0.25) is 6.29 Å². The lowest BCUT2D eigenvalue weighted by Crippen LogP contribution is -2.19. The van der Waals surface area contributed by atoms with Gasteiger partial charge in [-0.25, -0.2) is 4.79 Å². The molecule has 0 bridgehead atoms. The molecule has 5 nitrogen and oxygen atoms in total. The Hall–Kier alpha value is -1.48. The molecule has 0 aromatic rings. The van der Waals surface area contributed by atoms with Crippen molar-refractivity contribution >= 4 is 18.0 Å². The van der Waals surface area contributed by atoms with Crippen molar-refractivity contribution in [3.63, 3.8) is 0 Å². The Morgan fingerprint density at radius 3 is 2.70 bits per heavy atom. The van der Waals surface area contributed by atoms with E-state index in [2.05, 4.69) is 9.53 Å². The van der Waals surface area contributed by atoms with Gasteiger partial charge in [0.05, 0.1) is 6.61 Å². The van der Waals surface area contributed by atoms with E-state index in [1.54, 1.807) is 6.92 Å². The van der Waals surface area contributed by atoms with Crippen LogP contribution in [0.1, 0.15) is 6.92 Å². The third-order valence-corrected chi connectivity index (χ3v) is 0.704. The highest BCUT2D eigenvalue weighted by Crippen LogP contribution is 1.76. The lowest BCUT2D eigenvalue weighted by Gasteiger charge is -1.90. The molecular formula is C5H6N2O3. The van der Waals surface area contributed by atoms with Gasteiger partial charge in [-0.2, -0.15) is 4.79 Å². The lowest BCUT2D eigenvalue weighted by molar-refractivity contribution is -0.140.